The Hall–Kier alpha value is -1.77. The maximum Gasteiger partial charge on any atom is 0.433 e. The Morgan fingerprint density at radius 2 is 2.17 bits per heavy atom. The number of thiol groups is 1. The van der Waals surface area contributed by atoms with Crippen molar-refractivity contribution in [3.63, 3.8) is 0 Å². The van der Waals surface area contributed by atoms with Gasteiger partial charge in [0.2, 0.25) is 0 Å². The number of aromatic nitrogens is 3. The van der Waals surface area contributed by atoms with Crippen molar-refractivity contribution in [2.24, 2.45) is 0 Å². The van der Waals surface area contributed by atoms with Gasteiger partial charge in [-0.1, -0.05) is 0 Å². The molecule has 5 nitrogen and oxygen atoms in total. The fraction of sp³-hybridized carbons (Fsp3) is 0.222. The zero-order valence-corrected chi connectivity index (χ0v) is 9.79. The molecule has 2 rings (SSSR count). The predicted octanol–water partition coefficient (Wildman–Crippen LogP) is 1.82. The van der Waals surface area contributed by atoms with Crippen LogP contribution >= 0.6 is 12.6 Å². The summed E-state index contributed by atoms with van der Waals surface area (Å²) in [6.07, 6.45) is -3.66. The van der Waals surface area contributed by atoms with Gasteiger partial charge in [0.05, 0.1) is 18.3 Å². The van der Waals surface area contributed by atoms with E-state index >= 15 is 0 Å². The summed E-state index contributed by atoms with van der Waals surface area (Å²) in [5.41, 5.74) is -1.46. The highest BCUT2D eigenvalue weighted by atomic mass is 32.1. The Morgan fingerprint density at radius 3 is 2.72 bits per heavy atom. The van der Waals surface area contributed by atoms with Gasteiger partial charge >= 0.3 is 12.1 Å². The van der Waals surface area contributed by atoms with Gasteiger partial charge in [-0.25, -0.2) is 14.3 Å². The summed E-state index contributed by atoms with van der Waals surface area (Å²) in [6, 6.07) is 0.726. The van der Waals surface area contributed by atoms with Gasteiger partial charge in [0.15, 0.2) is 11.3 Å². The highest BCUT2D eigenvalue weighted by molar-refractivity contribution is 7.80. The van der Waals surface area contributed by atoms with E-state index in [1.807, 2.05) is 0 Å². The average Bonchev–Trinajstić information content (AvgIpc) is 2.69. The van der Waals surface area contributed by atoms with Gasteiger partial charge in [-0.3, -0.25) is 0 Å². The normalized spacial score (nSPS) is 11.8. The van der Waals surface area contributed by atoms with Gasteiger partial charge < -0.3 is 4.74 Å². The van der Waals surface area contributed by atoms with Gasteiger partial charge in [-0.2, -0.15) is 18.3 Å². The number of esters is 1. The smallest absolute Gasteiger partial charge is 0.433 e. The first-order chi connectivity index (χ1) is 8.34. The minimum atomic E-state index is -4.63. The molecule has 0 fully saturated rings. The minimum Gasteiger partial charge on any atom is -0.465 e. The second kappa shape index (κ2) is 4.16. The summed E-state index contributed by atoms with van der Waals surface area (Å²) >= 11 is 3.78. The first kappa shape index (κ1) is 12.7. The van der Waals surface area contributed by atoms with Crippen LogP contribution in [0.3, 0.4) is 0 Å². The van der Waals surface area contributed by atoms with Crippen LogP contribution in [0.25, 0.3) is 5.65 Å². The number of carbonyl (C=O) groups excluding carboxylic acids is 1. The van der Waals surface area contributed by atoms with Crippen LogP contribution in [0.15, 0.2) is 17.3 Å². The van der Waals surface area contributed by atoms with E-state index in [1.54, 1.807) is 0 Å². The maximum atomic E-state index is 12.8. The number of fused-ring (bicyclic) bond motifs is 1. The quantitative estimate of drug-likeness (QED) is 0.491. The molecule has 0 bridgehead atoms. The average molecular weight is 277 g/mol. The van der Waals surface area contributed by atoms with Crippen LogP contribution in [0.2, 0.25) is 0 Å². The van der Waals surface area contributed by atoms with Crippen LogP contribution in [-0.2, 0) is 10.9 Å². The van der Waals surface area contributed by atoms with Crippen molar-refractivity contribution in [3.05, 3.63) is 23.5 Å². The fourth-order valence-electron chi connectivity index (χ4n) is 1.41. The van der Waals surface area contributed by atoms with Gasteiger partial charge in [-0.15, -0.1) is 12.6 Å². The number of methoxy groups -OCH3 is 1. The van der Waals surface area contributed by atoms with Crippen molar-refractivity contribution >= 4 is 24.2 Å². The van der Waals surface area contributed by atoms with E-state index in [-0.39, 0.29) is 16.2 Å². The minimum absolute atomic E-state index is 0.154. The van der Waals surface area contributed by atoms with Gasteiger partial charge in [0.1, 0.15) is 5.56 Å². The predicted molar refractivity (Wildman–Crippen MR) is 56.6 cm³/mol. The van der Waals surface area contributed by atoms with Crippen LogP contribution in [0.5, 0.6) is 0 Å². The first-order valence-corrected chi connectivity index (χ1v) is 5.02. The summed E-state index contributed by atoms with van der Waals surface area (Å²) in [4.78, 5) is 15.1. The first-order valence-electron chi connectivity index (χ1n) is 4.58. The molecule has 96 valence electrons. The topological polar surface area (TPSA) is 56.5 Å². The van der Waals surface area contributed by atoms with E-state index in [4.69, 9.17) is 0 Å². The number of nitrogens with zero attached hydrogens (tertiary/aromatic N) is 3. The summed E-state index contributed by atoms with van der Waals surface area (Å²) in [5.74, 6) is -0.815. The van der Waals surface area contributed by atoms with Crippen LogP contribution in [0.4, 0.5) is 13.2 Å². The molecule has 0 aromatic carbocycles. The van der Waals surface area contributed by atoms with Gasteiger partial charge in [0, 0.05) is 6.07 Å². The molecule has 0 N–H and O–H groups in total. The van der Waals surface area contributed by atoms with Crippen molar-refractivity contribution in [1.82, 2.24) is 14.6 Å². The molecule has 0 amide bonds. The summed E-state index contributed by atoms with van der Waals surface area (Å²) in [6.45, 7) is 0. The number of alkyl halides is 3. The van der Waals surface area contributed by atoms with E-state index in [0.717, 1.165) is 19.4 Å². The molecule has 0 spiro atoms. The Labute approximate surface area is 104 Å². The molecule has 0 aliphatic rings. The maximum absolute atomic E-state index is 12.8. The van der Waals surface area contributed by atoms with E-state index in [9.17, 15) is 18.0 Å². The third-order valence-electron chi connectivity index (χ3n) is 2.15. The number of hydrogen-bond acceptors (Lipinski definition) is 5. The lowest BCUT2D eigenvalue weighted by Crippen LogP contribution is -2.14. The second-order valence-electron chi connectivity index (χ2n) is 3.28. The van der Waals surface area contributed by atoms with Crippen molar-refractivity contribution in [2.75, 3.05) is 7.11 Å². The van der Waals surface area contributed by atoms with E-state index in [2.05, 4.69) is 27.4 Å². The molecule has 2 aromatic rings. The molecule has 0 unspecified atom stereocenters. The largest absolute Gasteiger partial charge is 0.465 e. The SMILES string of the molecule is COC(=O)c1cnn2c(C(F)(F)F)cc(S)nc12. The molecular weight excluding hydrogens is 271 g/mol. The lowest BCUT2D eigenvalue weighted by molar-refractivity contribution is -0.142. The molecule has 9 heteroatoms. The Morgan fingerprint density at radius 1 is 1.50 bits per heavy atom. The van der Waals surface area contributed by atoms with Crippen LogP contribution in [0.1, 0.15) is 16.1 Å². The molecule has 2 aromatic heterocycles. The third kappa shape index (κ3) is 2.01. The lowest BCUT2D eigenvalue weighted by atomic mass is 10.3. The van der Waals surface area contributed by atoms with Gasteiger partial charge in [0.25, 0.3) is 0 Å². The van der Waals surface area contributed by atoms with E-state index < -0.39 is 17.8 Å². The zero-order chi connectivity index (χ0) is 13.5. The number of carbonyl (C=O) groups is 1. The molecule has 0 atom stereocenters. The zero-order valence-electron chi connectivity index (χ0n) is 8.89. The summed E-state index contributed by atoms with van der Waals surface area (Å²) < 4.78 is 43.2. The molecule has 0 aliphatic heterocycles. The molecule has 0 saturated carbocycles. The molecular formula is C9H6F3N3O2S. The Bertz CT molecular complexity index is 623. The summed E-state index contributed by atoms with van der Waals surface area (Å²) in [7, 11) is 1.11. The van der Waals surface area contributed by atoms with Crippen molar-refractivity contribution in [1.29, 1.82) is 0 Å². The number of hydrogen-bond donors (Lipinski definition) is 1. The van der Waals surface area contributed by atoms with Crippen LogP contribution < -0.4 is 0 Å². The van der Waals surface area contributed by atoms with Crippen molar-refractivity contribution < 1.29 is 22.7 Å². The molecule has 0 aliphatic carbocycles. The van der Waals surface area contributed by atoms with E-state index in [1.165, 1.54) is 0 Å². The molecule has 0 radical (unpaired) electrons. The molecule has 2 heterocycles. The van der Waals surface area contributed by atoms with Crippen molar-refractivity contribution in [3.8, 4) is 0 Å². The summed E-state index contributed by atoms with van der Waals surface area (Å²) in [5, 5.41) is 3.33. The van der Waals surface area contributed by atoms with Crippen molar-refractivity contribution in [2.45, 2.75) is 11.2 Å². The number of ether oxygens (including phenoxy) is 1. The van der Waals surface area contributed by atoms with E-state index in [0.29, 0.717) is 4.52 Å². The van der Waals surface area contributed by atoms with Crippen LogP contribution in [0, 0.1) is 0 Å². The Kier molecular flexibility index (Phi) is 2.93. The monoisotopic (exact) mass is 277 g/mol. The lowest BCUT2D eigenvalue weighted by Gasteiger charge is -2.09. The number of rotatable bonds is 1. The van der Waals surface area contributed by atoms with Crippen LogP contribution in [-0.4, -0.2) is 27.7 Å². The molecule has 0 saturated heterocycles. The fourth-order valence-corrected chi connectivity index (χ4v) is 1.62. The highest BCUT2D eigenvalue weighted by Crippen LogP contribution is 2.30. The second-order valence-corrected chi connectivity index (χ2v) is 3.74. The van der Waals surface area contributed by atoms with Gasteiger partial charge in [-0.05, 0) is 0 Å². The Balaban J connectivity index is 2.77. The number of halogens is 3. The third-order valence-corrected chi connectivity index (χ3v) is 2.38. The highest BCUT2D eigenvalue weighted by Gasteiger charge is 2.35. The standard InChI is InChI=1S/C9H6F3N3O2S/c1-17-8(16)4-3-13-15-5(9(10,11)12)2-6(18)14-7(4)15/h2-3H,1H3,(H,14,18). The molecule has 18 heavy (non-hydrogen) atoms.